The summed E-state index contributed by atoms with van der Waals surface area (Å²) in [5.74, 6) is -1.55. The second kappa shape index (κ2) is 12.2. The minimum Gasteiger partial charge on any atom is -0.453 e. The van der Waals surface area contributed by atoms with E-state index >= 15 is 0 Å². The Bertz CT molecular complexity index is 1230. The molecule has 7 N–H and O–H groups in total. The lowest BCUT2D eigenvalue weighted by Crippen LogP contribution is -2.53. The van der Waals surface area contributed by atoms with Crippen molar-refractivity contribution in [3.63, 3.8) is 0 Å². The molecule has 2 aromatic carbocycles. The maximum Gasteiger partial charge on any atom is 0.407 e. The molecule has 1 fully saturated rings. The van der Waals surface area contributed by atoms with E-state index in [0.717, 1.165) is 17.5 Å². The van der Waals surface area contributed by atoms with Gasteiger partial charge in [-0.3, -0.25) is 15.0 Å². The van der Waals surface area contributed by atoms with Crippen LogP contribution in [0.5, 0.6) is 0 Å². The lowest BCUT2D eigenvalue weighted by molar-refractivity contribution is -0.130. The number of aromatic nitrogens is 1. The Morgan fingerprint density at radius 3 is 2.11 bits per heavy atom. The largest absolute Gasteiger partial charge is 0.453 e. The van der Waals surface area contributed by atoms with Crippen LogP contribution in [0.4, 0.5) is 4.79 Å². The average molecular weight is 517 g/mol. The molecule has 2 amide bonds. The second-order valence-corrected chi connectivity index (χ2v) is 9.15. The minimum atomic E-state index is -1.11. The van der Waals surface area contributed by atoms with Crippen molar-refractivity contribution in [2.24, 2.45) is 5.73 Å². The van der Waals surface area contributed by atoms with E-state index in [4.69, 9.17) is 15.9 Å². The monoisotopic (exact) mass is 516 g/mol. The van der Waals surface area contributed by atoms with Gasteiger partial charge in [-0.15, -0.1) is 0 Å². The van der Waals surface area contributed by atoms with Crippen molar-refractivity contribution in [3.8, 4) is 0 Å². The average Bonchev–Trinajstić information content (AvgIpc) is 3.65. The highest BCUT2D eigenvalue weighted by Gasteiger charge is 2.37. The van der Waals surface area contributed by atoms with Crippen LogP contribution >= 0.6 is 0 Å². The number of hydrogen-bond acceptors (Lipinski definition) is 6. The van der Waals surface area contributed by atoms with Gasteiger partial charge in [0.05, 0.1) is 18.8 Å². The number of carbonyl (C=O) groups excluding carboxylic acids is 3. The van der Waals surface area contributed by atoms with Gasteiger partial charge >= 0.3 is 6.09 Å². The van der Waals surface area contributed by atoms with Crippen molar-refractivity contribution < 1.29 is 19.1 Å². The van der Waals surface area contributed by atoms with Crippen LogP contribution in [0, 0.1) is 5.41 Å². The van der Waals surface area contributed by atoms with Gasteiger partial charge in [0.2, 0.25) is 5.91 Å². The normalized spacial score (nSPS) is 16.4. The highest BCUT2D eigenvalue weighted by molar-refractivity contribution is 5.97. The second-order valence-electron chi connectivity index (χ2n) is 9.15. The van der Waals surface area contributed by atoms with Crippen LogP contribution in [-0.2, 0) is 14.3 Å². The van der Waals surface area contributed by atoms with Gasteiger partial charge in [-0.2, -0.15) is 0 Å². The number of alkyl carbamates (subject to hydrolysis) is 1. The number of ketones is 1. The summed E-state index contributed by atoms with van der Waals surface area (Å²) in [5.41, 5.74) is 7.95. The molecule has 0 radical (unpaired) electrons. The topological polar surface area (TPSA) is 162 Å². The number of benzene rings is 2. The number of rotatable bonds is 10. The zero-order valence-electron chi connectivity index (χ0n) is 21.1. The number of ether oxygens (including phenoxy) is 1. The summed E-state index contributed by atoms with van der Waals surface area (Å²) < 4.78 is 4.85. The van der Waals surface area contributed by atoms with Gasteiger partial charge in [-0.1, -0.05) is 60.7 Å². The molecule has 1 aliphatic heterocycles. The van der Waals surface area contributed by atoms with Gasteiger partial charge in [0.15, 0.2) is 5.78 Å². The number of carbonyl (C=O) groups is 3. The fourth-order valence-corrected chi connectivity index (χ4v) is 4.78. The van der Waals surface area contributed by atoms with Crippen molar-refractivity contribution in [1.29, 1.82) is 5.41 Å². The van der Waals surface area contributed by atoms with Crippen molar-refractivity contribution >= 4 is 23.6 Å². The van der Waals surface area contributed by atoms with E-state index in [9.17, 15) is 14.4 Å². The first kappa shape index (κ1) is 26.6. The van der Waals surface area contributed by atoms with E-state index in [1.807, 2.05) is 60.7 Å². The van der Waals surface area contributed by atoms with Crippen LogP contribution < -0.4 is 21.7 Å². The number of nitrogens with one attached hydrogen (secondary N) is 5. The summed E-state index contributed by atoms with van der Waals surface area (Å²) in [6.07, 6.45) is 0.712. The zero-order valence-corrected chi connectivity index (χ0v) is 21.1. The quantitative estimate of drug-likeness (QED) is 0.179. The van der Waals surface area contributed by atoms with Crippen molar-refractivity contribution in [3.05, 3.63) is 95.3 Å². The number of nitrogen functional groups attached to an aromatic ring is 1. The number of hydrogen-bond donors (Lipinski definition) is 6. The Morgan fingerprint density at radius 2 is 1.61 bits per heavy atom. The van der Waals surface area contributed by atoms with Gasteiger partial charge in [-0.25, -0.2) is 4.79 Å². The zero-order chi connectivity index (χ0) is 27.1. The lowest BCUT2D eigenvalue weighted by Gasteiger charge is -2.30. The van der Waals surface area contributed by atoms with Crippen LogP contribution in [0.1, 0.15) is 47.3 Å². The molecule has 0 aliphatic carbocycles. The van der Waals surface area contributed by atoms with E-state index in [1.54, 1.807) is 12.1 Å². The minimum absolute atomic E-state index is 0.189. The number of methoxy groups -OCH3 is 1. The SMILES string of the molecule is COC(=O)N[C@@H](C(=O)NC(C(=O)[C@@H]1CCCN1)c1ccc(C(=N)N)[nH]1)C(c1ccccc1)c1ccccc1. The summed E-state index contributed by atoms with van der Waals surface area (Å²) in [6.45, 7) is 0.705. The van der Waals surface area contributed by atoms with E-state index in [-0.39, 0.29) is 11.6 Å². The molecule has 1 aliphatic rings. The summed E-state index contributed by atoms with van der Waals surface area (Å²) >= 11 is 0. The van der Waals surface area contributed by atoms with Crippen LogP contribution in [0.3, 0.4) is 0 Å². The smallest absolute Gasteiger partial charge is 0.407 e. The highest BCUT2D eigenvalue weighted by atomic mass is 16.5. The van der Waals surface area contributed by atoms with Gasteiger partial charge in [-0.05, 0) is 42.6 Å². The molecule has 10 nitrogen and oxygen atoms in total. The molecule has 0 spiro atoms. The predicted octanol–water partition coefficient (Wildman–Crippen LogP) is 2.33. The van der Waals surface area contributed by atoms with Gasteiger partial charge in [0.25, 0.3) is 0 Å². The Kier molecular flexibility index (Phi) is 8.55. The molecule has 2 heterocycles. The standard InChI is InChI=1S/C28H32N6O4/c1-38-28(37)34-24(22(17-9-4-2-5-10-17)18-11-6-3-7-12-18)27(36)33-23(25(35)20-13-8-16-31-20)19-14-15-21(32-19)26(29)30/h2-7,9-12,14-15,20,22-24,31-32H,8,13,16H2,1H3,(H3,29,30)(H,33,36)(H,34,37)/t20-,23?,24+/m0/s1. The van der Waals surface area contributed by atoms with E-state index in [1.165, 1.54) is 7.11 Å². The Hall–Kier alpha value is -4.44. The summed E-state index contributed by atoms with van der Waals surface area (Å²) in [4.78, 5) is 43.0. The van der Waals surface area contributed by atoms with Crippen molar-refractivity contribution in [1.82, 2.24) is 20.9 Å². The number of Topliss-reactive ketones (excluding diaryl/α,β-unsaturated/α-hetero) is 1. The number of amides is 2. The number of H-pyrrole nitrogens is 1. The first-order chi connectivity index (χ1) is 18.4. The molecule has 0 bridgehead atoms. The van der Waals surface area contributed by atoms with Crippen LogP contribution in [0.15, 0.2) is 72.8 Å². The molecule has 0 saturated carbocycles. The first-order valence-electron chi connectivity index (χ1n) is 12.4. The van der Waals surface area contributed by atoms with E-state index in [2.05, 4.69) is 20.9 Å². The summed E-state index contributed by atoms with van der Waals surface area (Å²) in [5, 5.41) is 16.5. The molecular weight excluding hydrogens is 484 g/mol. The molecule has 38 heavy (non-hydrogen) atoms. The fourth-order valence-electron chi connectivity index (χ4n) is 4.78. The maximum atomic E-state index is 14.0. The molecule has 1 unspecified atom stereocenters. The maximum absolute atomic E-state index is 14.0. The highest BCUT2D eigenvalue weighted by Crippen LogP contribution is 2.29. The number of nitrogens with two attached hydrogens (primary N) is 1. The molecule has 3 aromatic rings. The molecule has 4 rings (SSSR count). The number of aromatic amines is 1. The molecule has 1 saturated heterocycles. The van der Waals surface area contributed by atoms with Gasteiger partial charge < -0.3 is 31.4 Å². The molecule has 10 heteroatoms. The van der Waals surface area contributed by atoms with Crippen LogP contribution in [-0.4, -0.2) is 54.3 Å². The third-order valence-electron chi connectivity index (χ3n) is 6.68. The van der Waals surface area contributed by atoms with Gasteiger partial charge in [0, 0.05) is 11.6 Å². The lowest BCUT2D eigenvalue weighted by atomic mass is 9.84. The predicted molar refractivity (Wildman–Crippen MR) is 143 cm³/mol. The van der Waals surface area contributed by atoms with Crippen LogP contribution in [0.2, 0.25) is 0 Å². The van der Waals surface area contributed by atoms with E-state index in [0.29, 0.717) is 24.4 Å². The summed E-state index contributed by atoms with van der Waals surface area (Å²) in [6, 6.07) is 19.3. The Morgan fingerprint density at radius 1 is 0.974 bits per heavy atom. The van der Waals surface area contributed by atoms with Crippen molar-refractivity contribution in [2.75, 3.05) is 13.7 Å². The van der Waals surface area contributed by atoms with Crippen molar-refractivity contribution in [2.45, 2.75) is 36.9 Å². The molecule has 3 atom stereocenters. The van der Waals surface area contributed by atoms with Crippen LogP contribution in [0.25, 0.3) is 0 Å². The third-order valence-corrected chi connectivity index (χ3v) is 6.68. The summed E-state index contributed by atoms with van der Waals surface area (Å²) in [7, 11) is 1.23. The van der Waals surface area contributed by atoms with E-state index < -0.39 is 36.0 Å². The molecule has 1 aromatic heterocycles. The molecule has 198 valence electrons. The Balaban J connectivity index is 1.73. The third kappa shape index (κ3) is 6.09. The first-order valence-corrected chi connectivity index (χ1v) is 12.4. The molecular formula is C28H32N6O4. The Labute approximate surface area is 220 Å². The fraction of sp³-hybridized carbons (Fsp3) is 0.286. The number of amidine groups is 1. The van der Waals surface area contributed by atoms with Gasteiger partial charge in [0.1, 0.15) is 17.9 Å².